The topological polar surface area (TPSA) is 80.3 Å². The van der Waals surface area contributed by atoms with Crippen LogP contribution in [0.3, 0.4) is 0 Å². The van der Waals surface area contributed by atoms with Gasteiger partial charge < -0.3 is 10.1 Å². The minimum Gasteiger partial charge on any atom is -0.444 e. The lowest BCUT2D eigenvalue weighted by Gasteiger charge is -2.19. The van der Waals surface area contributed by atoms with E-state index in [1.54, 1.807) is 20.8 Å². The summed E-state index contributed by atoms with van der Waals surface area (Å²) in [5.41, 5.74) is -2.49. The van der Waals surface area contributed by atoms with Crippen LogP contribution < -0.4 is 10.6 Å². The van der Waals surface area contributed by atoms with E-state index >= 15 is 0 Å². The lowest BCUT2D eigenvalue weighted by molar-refractivity contribution is -0.118. The van der Waals surface area contributed by atoms with Crippen LogP contribution in [0.4, 0.5) is 20.7 Å². The quantitative estimate of drug-likeness (QED) is 0.841. The maximum Gasteiger partial charge on any atom is 0.413 e. The zero-order chi connectivity index (χ0) is 15.3. The highest BCUT2D eigenvalue weighted by Gasteiger charge is 2.17. The first-order chi connectivity index (χ1) is 9.17. The predicted octanol–water partition coefficient (Wildman–Crippen LogP) is 2.90. The zero-order valence-electron chi connectivity index (χ0n) is 11.2. The van der Waals surface area contributed by atoms with E-state index < -0.39 is 23.2 Å². The van der Waals surface area contributed by atoms with Crippen molar-refractivity contribution < 1.29 is 18.7 Å². The molecule has 1 aromatic rings. The maximum atomic E-state index is 12.4. The predicted molar refractivity (Wildman–Crippen MR) is 73.5 cm³/mol. The minimum absolute atomic E-state index is 0.236. The third kappa shape index (κ3) is 5.83. The van der Waals surface area contributed by atoms with Crippen LogP contribution in [0.5, 0.6) is 0 Å². The highest BCUT2D eigenvalue weighted by atomic mass is 35.5. The molecule has 8 heteroatoms. The Hall–Kier alpha value is -1.89. The van der Waals surface area contributed by atoms with Crippen molar-refractivity contribution in [2.24, 2.45) is 0 Å². The Morgan fingerprint density at radius 2 is 2.00 bits per heavy atom. The van der Waals surface area contributed by atoms with Crippen LogP contribution in [0.15, 0.2) is 18.3 Å². The molecule has 0 saturated heterocycles. The van der Waals surface area contributed by atoms with Gasteiger partial charge in [-0.05, 0) is 32.9 Å². The fourth-order valence-electron chi connectivity index (χ4n) is 1.15. The number of hydrogen-bond acceptors (Lipinski definition) is 4. The lowest BCUT2D eigenvalue weighted by Crippen LogP contribution is -2.27. The number of rotatable bonds is 3. The summed E-state index contributed by atoms with van der Waals surface area (Å²) in [6, 6.07) is 2.87. The van der Waals surface area contributed by atoms with Crippen molar-refractivity contribution in [1.29, 1.82) is 0 Å². The van der Waals surface area contributed by atoms with E-state index in [-0.39, 0.29) is 11.5 Å². The molecule has 0 spiro atoms. The summed E-state index contributed by atoms with van der Waals surface area (Å²) < 4.78 is 17.5. The Balaban J connectivity index is 2.59. The van der Waals surface area contributed by atoms with Crippen LogP contribution >= 0.6 is 11.6 Å². The fraction of sp³-hybridized carbons (Fsp3) is 0.417. The SMILES string of the molecule is CC(C)(C)OC(=O)Nc1ccc(NC(=O)C(F)Cl)cn1. The molecule has 0 bridgehead atoms. The van der Waals surface area contributed by atoms with Gasteiger partial charge in [-0.15, -0.1) is 0 Å². The monoisotopic (exact) mass is 303 g/mol. The average Bonchev–Trinajstić information content (AvgIpc) is 2.28. The highest BCUT2D eigenvalue weighted by Crippen LogP contribution is 2.13. The largest absolute Gasteiger partial charge is 0.444 e. The number of pyridine rings is 1. The zero-order valence-corrected chi connectivity index (χ0v) is 12.0. The van der Waals surface area contributed by atoms with Gasteiger partial charge in [0.1, 0.15) is 11.4 Å². The molecule has 20 heavy (non-hydrogen) atoms. The number of halogens is 2. The summed E-state index contributed by atoms with van der Waals surface area (Å²) in [5.74, 6) is -0.749. The molecule has 1 aromatic heterocycles. The first-order valence-corrected chi connectivity index (χ1v) is 6.16. The molecule has 1 rings (SSSR count). The van der Waals surface area contributed by atoms with Crippen LogP contribution in [0.1, 0.15) is 20.8 Å². The van der Waals surface area contributed by atoms with E-state index in [0.717, 1.165) is 0 Å². The standard InChI is InChI=1S/C12H15ClFN3O3/c1-12(2,3)20-11(19)17-8-5-4-7(6-15-8)16-10(18)9(13)14/h4-6,9H,1-3H3,(H,16,18)(H,15,17,19). The number of alkyl halides is 2. The molecule has 0 aliphatic rings. The molecule has 1 heterocycles. The first-order valence-electron chi connectivity index (χ1n) is 5.72. The van der Waals surface area contributed by atoms with Crippen molar-refractivity contribution >= 4 is 35.1 Å². The van der Waals surface area contributed by atoms with E-state index in [1.165, 1.54) is 18.3 Å². The molecule has 110 valence electrons. The molecule has 0 fully saturated rings. The molecule has 0 aliphatic carbocycles. The van der Waals surface area contributed by atoms with Crippen molar-refractivity contribution in [3.63, 3.8) is 0 Å². The Labute approximate surface area is 120 Å². The Kier molecular flexibility index (Phi) is 5.26. The molecule has 0 aromatic carbocycles. The summed E-state index contributed by atoms with van der Waals surface area (Å²) in [6.07, 6.45) is 0.607. The van der Waals surface area contributed by atoms with E-state index in [1.807, 2.05) is 0 Å². The van der Waals surface area contributed by atoms with Crippen molar-refractivity contribution in [1.82, 2.24) is 4.98 Å². The second-order valence-corrected chi connectivity index (χ2v) is 5.23. The number of aromatic nitrogens is 1. The maximum absolute atomic E-state index is 12.4. The summed E-state index contributed by atoms with van der Waals surface area (Å²) in [6.45, 7) is 5.20. The third-order valence-electron chi connectivity index (χ3n) is 1.86. The highest BCUT2D eigenvalue weighted by molar-refractivity contribution is 6.31. The van der Waals surface area contributed by atoms with Crippen LogP contribution in [-0.4, -0.2) is 28.2 Å². The van der Waals surface area contributed by atoms with Gasteiger partial charge in [0.25, 0.3) is 11.5 Å². The van der Waals surface area contributed by atoms with Gasteiger partial charge in [-0.25, -0.2) is 14.2 Å². The number of ether oxygens (including phenoxy) is 1. The van der Waals surface area contributed by atoms with Crippen LogP contribution in [0.25, 0.3) is 0 Å². The van der Waals surface area contributed by atoms with Crippen molar-refractivity contribution in [3.05, 3.63) is 18.3 Å². The number of carbonyl (C=O) groups excluding carboxylic acids is 2. The molecule has 2 amide bonds. The first kappa shape index (κ1) is 16.2. The summed E-state index contributed by atoms with van der Waals surface area (Å²) in [5, 5.41) is 4.62. The molecule has 6 nitrogen and oxygen atoms in total. The van der Waals surface area contributed by atoms with Crippen molar-refractivity contribution in [3.8, 4) is 0 Å². The number of anilines is 2. The number of amides is 2. The van der Waals surface area contributed by atoms with Crippen LogP contribution in [0, 0.1) is 0 Å². The van der Waals surface area contributed by atoms with Gasteiger partial charge in [-0.3, -0.25) is 10.1 Å². The van der Waals surface area contributed by atoms with Gasteiger partial charge in [0.2, 0.25) is 0 Å². The number of hydrogen-bond donors (Lipinski definition) is 2. The Bertz CT molecular complexity index is 486. The summed E-state index contributed by atoms with van der Waals surface area (Å²) in [7, 11) is 0. The molecule has 1 unspecified atom stereocenters. The number of nitrogens with zero attached hydrogens (tertiary/aromatic N) is 1. The van der Waals surface area contributed by atoms with Gasteiger partial charge in [-0.2, -0.15) is 0 Å². The van der Waals surface area contributed by atoms with E-state index in [4.69, 9.17) is 16.3 Å². The van der Waals surface area contributed by atoms with Crippen LogP contribution in [0.2, 0.25) is 0 Å². The van der Waals surface area contributed by atoms with E-state index in [0.29, 0.717) is 0 Å². The number of nitrogens with one attached hydrogen (secondary N) is 2. The summed E-state index contributed by atoms with van der Waals surface area (Å²) >= 11 is 4.97. The molecular weight excluding hydrogens is 289 g/mol. The normalized spacial score (nSPS) is 12.4. The molecular formula is C12H15ClFN3O3. The molecule has 1 atom stereocenters. The Morgan fingerprint density at radius 1 is 1.35 bits per heavy atom. The second kappa shape index (κ2) is 6.51. The van der Waals surface area contributed by atoms with Crippen LogP contribution in [-0.2, 0) is 9.53 Å². The smallest absolute Gasteiger partial charge is 0.413 e. The average molecular weight is 304 g/mol. The Morgan fingerprint density at radius 3 is 2.45 bits per heavy atom. The minimum atomic E-state index is -2.13. The molecule has 2 N–H and O–H groups in total. The lowest BCUT2D eigenvalue weighted by atomic mass is 10.2. The van der Waals surface area contributed by atoms with E-state index in [9.17, 15) is 14.0 Å². The third-order valence-corrected chi connectivity index (χ3v) is 2.06. The summed E-state index contributed by atoms with van der Waals surface area (Å²) in [4.78, 5) is 26.3. The van der Waals surface area contributed by atoms with E-state index in [2.05, 4.69) is 15.6 Å². The molecule has 0 aliphatic heterocycles. The molecule has 0 saturated carbocycles. The second-order valence-electron chi connectivity index (χ2n) is 4.85. The van der Waals surface area contributed by atoms with Gasteiger partial charge in [-0.1, -0.05) is 11.6 Å². The van der Waals surface area contributed by atoms with Gasteiger partial charge in [0, 0.05) is 0 Å². The van der Waals surface area contributed by atoms with Crippen molar-refractivity contribution in [2.45, 2.75) is 32.0 Å². The van der Waals surface area contributed by atoms with Crippen molar-refractivity contribution in [2.75, 3.05) is 10.6 Å². The number of carbonyl (C=O) groups is 2. The molecule has 0 radical (unpaired) electrons. The van der Waals surface area contributed by atoms with Gasteiger partial charge in [0.15, 0.2) is 0 Å². The fourth-order valence-corrected chi connectivity index (χ4v) is 1.20. The van der Waals surface area contributed by atoms with Gasteiger partial charge in [0.05, 0.1) is 11.9 Å². The van der Waals surface area contributed by atoms with Gasteiger partial charge >= 0.3 is 6.09 Å².